The van der Waals surface area contributed by atoms with Gasteiger partial charge in [0.1, 0.15) is 11.2 Å². The predicted octanol–water partition coefficient (Wildman–Crippen LogP) is 13.7. The summed E-state index contributed by atoms with van der Waals surface area (Å²) in [5.41, 5.74) is 0.0516. The molecule has 10 rings (SSSR count). The lowest BCUT2D eigenvalue weighted by atomic mass is 9.83. The van der Waals surface area contributed by atoms with E-state index in [4.69, 9.17) is 16.8 Å². The summed E-state index contributed by atoms with van der Waals surface area (Å²) >= 11 is 0. The second-order valence-electron chi connectivity index (χ2n) is 11.6. The Bertz CT molecular complexity index is 3720. The normalized spacial score (nSPS) is 16.5. The maximum absolute atomic E-state index is 9.60. The van der Waals surface area contributed by atoms with Crippen molar-refractivity contribution in [3.63, 3.8) is 0 Å². The van der Waals surface area contributed by atoms with Crippen LogP contribution in [0, 0.1) is 0 Å². The Labute approximate surface area is 308 Å². The average molecular weight is 640 g/mol. The van der Waals surface area contributed by atoms with Gasteiger partial charge in [0.2, 0.25) is 0 Å². The molecule has 0 aliphatic rings. The molecule has 0 aliphatic carbocycles. The molecule has 0 fully saturated rings. The molecule has 0 spiro atoms. The molecule has 0 bridgehead atoms. The highest BCUT2D eigenvalue weighted by atomic mass is 16.3. The van der Waals surface area contributed by atoms with Gasteiger partial charge in [0.15, 0.2) is 0 Å². The third-order valence-corrected chi connectivity index (χ3v) is 8.85. The Hall–Kier alpha value is -6.44. The Balaban J connectivity index is 1.46. The summed E-state index contributed by atoms with van der Waals surface area (Å²) in [6, 6.07) is 11.2. The molecule has 1 nitrogen and oxygen atoms in total. The molecule has 228 valence electrons. The predicted molar refractivity (Wildman–Crippen MR) is 208 cm³/mol. The van der Waals surface area contributed by atoms with Gasteiger partial charge in [0.25, 0.3) is 0 Å². The summed E-state index contributed by atoms with van der Waals surface area (Å²) in [6.45, 7) is 0. The van der Waals surface area contributed by atoms with Crippen molar-refractivity contribution in [2.75, 3.05) is 0 Å². The first kappa shape index (κ1) is 15.6. The summed E-state index contributed by atoms with van der Waals surface area (Å²) in [5, 5.41) is 1.83. The number of hydrogen-bond acceptors (Lipinski definition) is 1. The zero-order valence-electron chi connectivity index (χ0n) is 42.4. The molecule has 0 unspecified atom stereocenters. The maximum atomic E-state index is 9.60. The molecule has 0 atom stereocenters. The lowest BCUT2D eigenvalue weighted by Crippen LogP contribution is -1.93. The standard InChI is InChI=1S/C48H30O/c1-2-12-31(13-3-1)33-22-25-34(26-23-33)47-38-17-6-8-19-40(38)48(41-20-9-7-18-39(41)47)44-29-43-37-16-10-11-21-45(37)49-46(43)30-42(44)36-27-24-32-14-4-5-15-35(32)28-36/h1-30H/i1D,2D,3D,6D,7D,8D,9D,12D,13D,17D,18D,19D,20D,22D,23D,25D,26D. The first-order valence-corrected chi connectivity index (χ1v) is 15.5. The molecule has 10 aromatic rings. The minimum Gasteiger partial charge on any atom is -0.456 e. The van der Waals surface area contributed by atoms with Gasteiger partial charge in [-0.1, -0.05) is 157 Å². The van der Waals surface area contributed by atoms with Gasteiger partial charge >= 0.3 is 0 Å². The molecule has 0 saturated carbocycles. The number of fused-ring (bicyclic) bond motifs is 6. The Kier molecular flexibility index (Phi) is 3.54. The zero-order chi connectivity index (χ0) is 47.1. The Morgan fingerprint density at radius 1 is 0.347 bits per heavy atom. The minimum absolute atomic E-state index is 0.0240. The van der Waals surface area contributed by atoms with Crippen LogP contribution in [0.25, 0.3) is 98.8 Å². The molecule has 1 heteroatoms. The highest BCUT2D eigenvalue weighted by molar-refractivity contribution is 6.23. The van der Waals surface area contributed by atoms with Crippen molar-refractivity contribution >= 4 is 54.3 Å². The van der Waals surface area contributed by atoms with Crippen molar-refractivity contribution in [3.05, 3.63) is 182 Å². The summed E-state index contributed by atoms with van der Waals surface area (Å²) in [5.74, 6) is 0. The highest BCUT2D eigenvalue weighted by Gasteiger charge is 2.21. The van der Waals surface area contributed by atoms with Crippen LogP contribution in [0.15, 0.2) is 186 Å². The van der Waals surface area contributed by atoms with Crippen LogP contribution >= 0.6 is 0 Å². The lowest BCUT2D eigenvalue weighted by molar-refractivity contribution is 0.669. The highest BCUT2D eigenvalue weighted by Crippen LogP contribution is 2.48. The fourth-order valence-electron chi connectivity index (χ4n) is 6.66. The van der Waals surface area contributed by atoms with E-state index in [1.54, 1.807) is 18.2 Å². The molecule has 0 saturated heterocycles. The molecular formula is C48H30O. The van der Waals surface area contributed by atoms with Crippen molar-refractivity contribution in [3.8, 4) is 44.5 Å². The van der Waals surface area contributed by atoms with E-state index in [0.717, 1.165) is 10.8 Å². The third-order valence-electron chi connectivity index (χ3n) is 8.85. The summed E-state index contributed by atoms with van der Waals surface area (Å²) < 4.78 is 160. The zero-order valence-corrected chi connectivity index (χ0v) is 25.4. The second kappa shape index (κ2) is 11.1. The van der Waals surface area contributed by atoms with E-state index < -0.39 is 125 Å². The number of benzene rings is 9. The smallest absolute Gasteiger partial charge is 0.136 e. The molecule has 1 aromatic heterocycles. The van der Waals surface area contributed by atoms with Gasteiger partial charge in [0, 0.05) is 10.8 Å². The molecule has 0 radical (unpaired) electrons. The van der Waals surface area contributed by atoms with Crippen molar-refractivity contribution in [2.45, 2.75) is 0 Å². The van der Waals surface area contributed by atoms with Crippen LogP contribution in [-0.2, 0) is 0 Å². The van der Waals surface area contributed by atoms with E-state index in [2.05, 4.69) is 0 Å². The summed E-state index contributed by atoms with van der Waals surface area (Å²) in [7, 11) is 0. The van der Waals surface area contributed by atoms with Crippen LogP contribution in [-0.4, -0.2) is 0 Å². The van der Waals surface area contributed by atoms with E-state index in [1.165, 1.54) is 0 Å². The topological polar surface area (TPSA) is 13.1 Å². The number of para-hydroxylation sites is 1. The van der Waals surface area contributed by atoms with E-state index in [-0.39, 0.29) is 32.7 Å². The molecule has 0 aliphatic heterocycles. The van der Waals surface area contributed by atoms with E-state index in [1.807, 2.05) is 60.7 Å². The van der Waals surface area contributed by atoms with Crippen molar-refractivity contribution in [1.82, 2.24) is 0 Å². The molecule has 0 amide bonds. The van der Waals surface area contributed by atoms with Crippen LogP contribution < -0.4 is 0 Å². The number of hydrogen-bond donors (Lipinski definition) is 0. The summed E-state index contributed by atoms with van der Waals surface area (Å²) in [6.07, 6.45) is 0. The first-order valence-electron chi connectivity index (χ1n) is 24.0. The average Bonchev–Trinajstić information content (AvgIpc) is 3.69. The molecule has 49 heavy (non-hydrogen) atoms. The van der Waals surface area contributed by atoms with Crippen LogP contribution in [0.4, 0.5) is 0 Å². The second-order valence-corrected chi connectivity index (χ2v) is 11.6. The van der Waals surface area contributed by atoms with Gasteiger partial charge in [-0.3, -0.25) is 0 Å². The van der Waals surface area contributed by atoms with Crippen LogP contribution in [0.5, 0.6) is 0 Å². The van der Waals surface area contributed by atoms with Crippen LogP contribution in [0.3, 0.4) is 0 Å². The monoisotopic (exact) mass is 639 g/mol. The minimum atomic E-state index is -0.868. The van der Waals surface area contributed by atoms with Gasteiger partial charge in [-0.15, -0.1) is 0 Å². The third kappa shape index (κ3) is 4.47. The SMILES string of the molecule is [2H]c1c([2H])c([2H])c(-c2c([2H])c([2H])c(-c3c4c([2H])c([2H])c([2H])c([2H])c4c(-c4cc5c(cc4-c4ccc6ccccc6c4)oc4ccccc45)c4c([2H])c([2H])c([2H])c([2H])c34)c([2H])c2[2H])c([2H])c1[2H]. The van der Waals surface area contributed by atoms with Gasteiger partial charge in [-0.2, -0.15) is 0 Å². The fraction of sp³-hybridized carbons (Fsp3) is 0. The van der Waals surface area contributed by atoms with Gasteiger partial charge in [-0.25, -0.2) is 0 Å². The van der Waals surface area contributed by atoms with Gasteiger partial charge in [-0.05, 0) is 101 Å². The van der Waals surface area contributed by atoms with Gasteiger partial charge < -0.3 is 4.42 Å². The quantitative estimate of drug-likeness (QED) is 0.175. The molecule has 9 aromatic carbocycles. The fourth-order valence-corrected chi connectivity index (χ4v) is 6.66. The van der Waals surface area contributed by atoms with Crippen molar-refractivity contribution < 1.29 is 27.7 Å². The number of furan rings is 1. The largest absolute Gasteiger partial charge is 0.456 e. The Morgan fingerprint density at radius 3 is 1.67 bits per heavy atom. The molecule has 1 heterocycles. The van der Waals surface area contributed by atoms with E-state index in [0.29, 0.717) is 33.1 Å². The lowest BCUT2D eigenvalue weighted by Gasteiger charge is -2.20. The van der Waals surface area contributed by atoms with E-state index in [9.17, 15) is 11.0 Å². The number of rotatable bonds is 4. The van der Waals surface area contributed by atoms with Crippen molar-refractivity contribution in [1.29, 1.82) is 0 Å². The van der Waals surface area contributed by atoms with Gasteiger partial charge in [0.05, 0.1) is 23.3 Å². The van der Waals surface area contributed by atoms with Crippen LogP contribution in [0.2, 0.25) is 0 Å². The first-order chi connectivity index (χ1) is 31.4. The molecular weight excluding hydrogens is 593 g/mol. The van der Waals surface area contributed by atoms with Crippen molar-refractivity contribution in [2.24, 2.45) is 0 Å². The maximum Gasteiger partial charge on any atom is 0.136 e. The Morgan fingerprint density at radius 2 is 0.939 bits per heavy atom. The summed E-state index contributed by atoms with van der Waals surface area (Å²) in [4.78, 5) is 0. The molecule has 0 N–H and O–H groups in total. The van der Waals surface area contributed by atoms with Crippen LogP contribution in [0.1, 0.15) is 23.3 Å². The van der Waals surface area contributed by atoms with E-state index >= 15 is 0 Å².